The lowest BCUT2D eigenvalue weighted by Crippen LogP contribution is -2.41. The van der Waals surface area contributed by atoms with Crippen LogP contribution in [-0.4, -0.2) is 29.5 Å². The van der Waals surface area contributed by atoms with Gasteiger partial charge in [-0.15, -0.1) is 0 Å². The number of nitrogens with two attached hydrogens (primary N) is 1. The SMILES string of the molecule is C[C@H](N)C(=O)N[C@H](COC(=O)c1cccnc1)c1ccccc1. The van der Waals surface area contributed by atoms with Gasteiger partial charge in [0.25, 0.3) is 0 Å². The minimum Gasteiger partial charge on any atom is -0.459 e. The third kappa shape index (κ3) is 4.89. The van der Waals surface area contributed by atoms with Crippen LogP contribution in [0.2, 0.25) is 0 Å². The second-order valence-corrected chi connectivity index (χ2v) is 5.10. The van der Waals surface area contributed by atoms with Gasteiger partial charge in [0, 0.05) is 12.4 Å². The summed E-state index contributed by atoms with van der Waals surface area (Å²) in [5, 5.41) is 2.78. The van der Waals surface area contributed by atoms with Crippen molar-refractivity contribution >= 4 is 11.9 Å². The van der Waals surface area contributed by atoms with E-state index < -0.39 is 18.1 Å². The predicted molar refractivity (Wildman–Crippen MR) is 85.5 cm³/mol. The van der Waals surface area contributed by atoms with Crippen LogP contribution in [0.1, 0.15) is 28.9 Å². The van der Waals surface area contributed by atoms with Crippen LogP contribution in [0.15, 0.2) is 54.9 Å². The third-order valence-corrected chi connectivity index (χ3v) is 3.21. The van der Waals surface area contributed by atoms with Crippen LogP contribution in [0.3, 0.4) is 0 Å². The highest BCUT2D eigenvalue weighted by molar-refractivity contribution is 5.89. The molecule has 23 heavy (non-hydrogen) atoms. The lowest BCUT2D eigenvalue weighted by Gasteiger charge is -2.20. The first-order chi connectivity index (χ1) is 11.1. The van der Waals surface area contributed by atoms with E-state index in [2.05, 4.69) is 10.3 Å². The molecule has 0 spiro atoms. The monoisotopic (exact) mass is 313 g/mol. The van der Waals surface area contributed by atoms with Gasteiger partial charge in [0.05, 0.1) is 17.6 Å². The van der Waals surface area contributed by atoms with Crippen molar-refractivity contribution in [3.8, 4) is 0 Å². The molecule has 0 saturated heterocycles. The molecule has 1 amide bonds. The number of carbonyl (C=O) groups excluding carboxylic acids is 2. The number of pyridine rings is 1. The van der Waals surface area contributed by atoms with Gasteiger partial charge in [-0.3, -0.25) is 9.78 Å². The normalized spacial score (nSPS) is 13.0. The summed E-state index contributed by atoms with van der Waals surface area (Å²) < 4.78 is 5.29. The number of amides is 1. The zero-order chi connectivity index (χ0) is 16.7. The van der Waals surface area contributed by atoms with Gasteiger partial charge in [-0.1, -0.05) is 30.3 Å². The Hall–Kier alpha value is -2.73. The van der Waals surface area contributed by atoms with Gasteiger partial charge in [-0.2, -0.15) is 0 Å². The Kier molecular flexibility index (Phi) is 5.82. The van der Waals surface area contributed by atoms with Crippen LogP contribution < -0.4 is 11.1 Å². The number of hydrogen-bond acceptors (Lipinski definition) is 5. The maximum atomic E-state index is 12.0. The third-order valence-electron chi connectivity index (χ3n) is 3.21. The standard InChI is InChI=1S/C17H19N3O3/c1-12(18)16(21)20-15(13-6-3-2-4-7-13)11-23-17(22)14-8-5-9-19-10-14/h2-10,12,15H,11,18H2,1H3,(H,20,21)/t12-,15+/m0/s1. The molecule has 0 aliphatic rings. The second kappa shape index (κ2) is 8.05. The maximum Gasteiger partial charge on any atom is 0.339 e. The molecule has 0 fully saturated rings. The number of carbonyl (C=O) groups is 2. The number of aromatic nitrogens is 1. The molecule has 120 valence electrons. The molecule has 0 radical (unpaired) electrons. The van der Waals surface area contributed by atoms with Crippen molar-refractivity contribution in [2.45, 2.75) is 19.0 Å². The van der Waals surface area contributed by atoms with Crippen LogP contribution in [0.25, 0.3) is 0 Å². The number of ether oxygens (including phenoxy) is 1. The molecule has 0 saturated carbocycles. The summed E-state index contributed by atoms with van der Waals surface area (Å²) in [7, 11) is 0. The smallest absolute Gasteiger partial charge is 0.339 e. The minimum atomic E-state index is -0.643. The number of rotatable bonds is 6. The van der Waals surface area contributed by atoms with Crippen LogP contribution in [0, 0.1) is 0 Å². The zero-order valence-corrected chi connectivity index (χ0v) is 12.8. The molecular formula is C17H19N3O3. The number of nitrogens with one attached hydrogen (secondary N) is 1. The van der Waals surface area contributed by atoms with E-state index in [1.807, 2.05) is 30.3 Å². The van der Waals surface area contributed by atoms with Gasteiger partial charge >= 0.3 is 5.97 Å². The maximum absolute atomic E-state index is 12.0. The number of hydrogen-bond donors (Lipinski definition) is 2. The summed E-state index contributed by atoms with van der Waals surface area (Å²) in [5.41, 5.74) is 6.77. The first-order valence-corrected chi connectivity index (χ1v) is 7.26. The molecule has 3 N–H and O–H groups in total. The average molecular weight is 313 g/mol. The largest absolute Gasteiger partial charge is 0.459 e. The van der Waals surface area contributed by atoms with E-state index in [4.69, 9.17) is 10.5 Å². The van der Waals surface area contributed by atoms with Crippen LogP contribution in [0.5, 0.6) is 0 Å². The van der Waals surface area contributed by atoms with Crippen LogP contribution >= 0.6 is 0 Å². The summed E-state index contributed by atoms with van der Waals surface area (Å²) >= 11 is 0. The highest BCUT2D eigenvalue weighted by Crippen LogP contribution is 2.14. The molecule has 2 aromatic rings. The van der Waals surface area contributed by atoms with E-state index >= 15 is 0 Å². The highest BCUT2D eigenvalue weighted by Gasteiger charge is 2.19. The molecule has 2 rings (SSSR count). The van der Waals surface area contributed by atoms with E-state index in [1.165, 1.54) is 6.20 Å². The second-order valence-electron chi connectivity index (χ2n) is 5.10. The molecule has 6 nitrogen and oxygen atoms in total. The van der Waals surface area contributed by atoms with Crippen molar-refractivity contribution in [2.75, 3.05) is 6.61 Å². The van der Waals surface area contributed by atoms with Crippen LogP contribution in [0.4, 0.5) is 0 Å². The Balaban J connectivity index is 2.06. The van der Waals surface area contributed by atoms with Gasteiger partial charge in [-0.05, 0) is 24.6 Å². The van der Waals surface area contributed by atoms with Gasteiger partial charge in [0.15, 0.2) is 0 Å². The summed E-state index contributed by atoms with van der Waals surface area (Å²) in [6.45, 7) is 1.61. The van der Waals surface area contributed by atoms with E-state index in [-0.39, 0.29) is 12.5 Å². The molecule has 1 aromatic heterocycles. The van der Waals surface area contributed by atoms with Crippen molar-refractivity contribution in [3.05, 3.63) is 66.0 Å². The van der Waals surface area contributed by atoms with E-state index in [9.17, 15) is 9.59 Å². The molecule has 1 heterocycles. The Bertz CT molecular complexity index is 645. The van der Waals surface area contributed by atoms with E-state index in [1.54, 1.807) is 25.3 Å². The lowest BCUT2D eigenvalue weighted by molar-refractivity contribution is -0.123. The molecule has 0 bridgehead atoms. The summed E-state index contributed by atoms with van der Waals surface area (Å²) in [5.74, 6) is -0.801. The molecule has 0 aliphatic carbocycles. The summed E-state index contributed by atoms with van der Waals surface area (Å²) in [4.78, 5) is 27.7. The molecule has 6 heteroatoms. The number of nitrogens with zero attached hydrogens (tertiary/aromatic N) is 1. The highest BCUT2D eigenvalue weighted by atomic mass is 16.5. The van der Waals surface area contributed by atoms with Crippen molar-refractivity contribution in [2.24, 2.45) is 5.73 Å². The quantitative estimate of drug-likeness (QED) is 0.787. The number of benzene rings is 1. The molecule has 0 aliphatic heterocycles. The molecule has 1 aromatic carbocycles. The van der Waals surface area contributed by atoms with Gasteiger partial charge in [0.1, 0.15) is 6.61 Å². The van der Waals surface area contributed by atoms with E-state index in [0.29, 0.717) is 5.56 Å². The fraction of sp³-hybridized carbons (Fsp3) is 0.235. The minimum absolute atomic E-state index is 0.0101. The topological polar surface area (TPSA) is 94.3 Å². The van der Waals surface area contributed by atoms with Crippen molar-refractivity contribution in [3.63, 3.8) is 0 Å². The lowest BCUT2D eigenvalue weighted by atomic mass is 10.1. The Morgan fingerprint density at radius 1 is 1.22 bits per heavy atom. The Morgan fingerprint density at radius 2 is 1.96 bits per heavy atom. The first kappa shape index (κ1) is 16.6. The fourth-order valence-corrected chi connectivity index (χ4v) is 1.94. The van der Waals surface area contributed by atoms with Crippen molar-refractivity contribution < 1.29 is 14.3 Å². The molecule has 2 atom stereocenters. The van der Waals surface area contributed by atoms with Gasteiger partial charge in [-0.25, -0.2) is 4.79 Å². The first-order valence-electron chi connectivity index (χ1n) is 7.26. The predicted octanol–water partition coefficient (Wildman–Crippen LogP) is 1.44. The summed E-state index contributed by atoms with van der Waals surface area (Å²) in [6.07, 6.45) is 3.01. The zero-order valence-electron chi connectivity index (χ0n) is 12.8. The van der Waals surface area contributed by atoms with E-state index in [0.717, 1.165) is 5.56 Å². The Morgan fingerprint density at radius 3 is 2.57 bits per heavy atom. The summed E-state index contributed by atoms with van der Waals surface area (Å²) in [6, 6.07) is 11.4. The Labute approximate surface area is 134 Å². The molecular weight excluding hydrogens is 294 g/mol. The average Bonchev–Trinajstić information content (AvgIpc) is 2.59. The molecule has 0 unspecified atom stereocenters. The van der Waals surface area contributed by atoms with Gasteiger partial charge < -0.3 is 15.8 Å². The number of esters is 1. The van der Waals surface area contributed by atoms with Crippen molar-refractivity contribution in [1.29, 1.82) is 0 Å². The van der Waals surface area contributed by atoms with Gasteiger partial charge in [0.2, 0.25) is 5.91 Å². The van der Waals surface area contributed by atoms with Crippen molar-refractivity contribution in [1.82, 2.24) is 10.3 Å². The van der Waals surface area contributed by atoms with Crippen LogP contribution in [-0.2, 0) is 9.53 Å². The fourth-order valence-electron chi connectivity index (χ4n) is 1.94.